The number of amides is 1. The van der Waals surface area contributed by atoms with Crippen LogP contribution in [0.25, 0.3) is 0 Å². The largest absolute Gasteiger partial charge is 0.460 e. The monoisotopic (exact) mass is 395 g/mol. The highest BCUT2D eigenvalue weighted by Crippen LogP contribution is 2.22. The maximum Gasteiger partial charge on any atom is 0.316 e. The zero-order valence-corrected chi connectivity index (χ0v) is 15.9. The van der Waals surface area contributed by atoms with Gasteiger partial charge in [0.05, 0.1) is 18.7 Å². The second-order valence-corrected chi connectivity index (χ2v) is 7.18. The summed E-state index contributed by atoms with van der Waals surface area (Å²) < 4.78 is 20.5. The Balaban J connectivity index is 1.24. The molecule has 2 aromatic heterocycles. The van der Waals surface area contributed by atoms with Crippen molar-refractivity contribution in [2.45, 2.75) is 44.4 Å². The fraction of sp³-hybridized carbons (Fsp3) is 0.333. The summed E-state index contributed by atoms with van der Waals surface area (Å²) >= 11 is 0. The van der Waals surface area contributed by atoms with Gasteiger partial charge in [-0.3, -0.25) is 4.79 Å². The van der Waals surface area contributed by atoms with E-state index in [1.54, 1.807) is 12.5 Å². The van der Waals surface area contributed by atoms with Crippen LogP contribution < -0.4 is 10.1 Å². The minimum atomic E-state index is -0.487. The second-order valence-electron chi connectivity index (χ2n) is 7.18. The van der Waals surface area contributed by atoms with Gasteiger partial charge in [0.1, 0.15) is 6.10 Å². The molecule has 0 saturated heterocycles. The molecule has 1 fully saturated rings. The molecule has 29 heavy (non-hydrogen) atoms. The van der Waals surface area contributed by atoms with Crippen LogP contribution in [0, 0.1) is 5.82 Å². The molecular weight excluding hydrogens is 373 g/mol. The zero-order valence-electron chi connectivity index (χ0n) is 15.9. The van der Waals surface area contributed by atoms with Gasteiger partial charge in [0, 0.05) is 30.5 Å². The topological polar surface area (TPSA) is 81.9 Å². The summed E-state index contributed by atoms with van der Waals surface area (Å²) in [6.45, 7) is 0.726. The Morgan fingerprint density at radius 1 is 1.14 bits per heavy atom. The van der Waals surface area contributed by atoms with Crippen LogP contribution in [0.5, 0.6) is 6.01 Å². The number of nitrogens with one attached hydrogen (secondary N) is 1. The van der Waals surface area contributed by atoms with Gasteiger partial charge in [-0.1, -0.05) is 12.1 Å². The Bertz CT molecular complexity index is 921. The number of carbonyl (C=O) groups is 1. The Kier molecular flexibility index (Phi) is 5.79. The number of rotatable bonds is 6. The van der Waals surface area contributed by atoms with E-state index in [-0.39, 0.29) is 24.1 Å². The zero-order chi connectivity index (χ0) is 20.1. The molecule has 0 aliphatic heterocycles. The number of carbonyl (C=O) groups excluding carboxylic acids is 1. The van der Waals surface area contributed by atoms with Crippen LogP contribution in [0.1, 0.15) is 41.6 Å². The van der Waals surface area contributed by atoms with Gasteiger partial charge in [0.2, 0.25) is 0 Å². The van der Waals surface area contributed by atoms with E-state index in [1.807, 2.05) is 35.0 Å². The van der Waals surface area contributed by atoms with E-state index in [0.29, 0.717) is 5.56 Å². The first-order valence-electron chi connectivity index (χ1n) is 9.65. The maximum absolute atomic E-state index is 12.9. The van der Waals surface area contributed by atoms with Gasteiger partial charge in [-0.05, 0) is 43.4 Å². The van der Waals surface area contributed by atoms with Crippen LogP contribution in [-0.4, -0.2) is 37.6 Å². The van der Waals surface area contributed by atoms with Crippen LogP contribution in [0.4, 0.5) is 4.39 Å². The lowest BCUT2D eigenvalue weighted by molar-refractivity contribution is 0.0885. The van der Waals surface area contributed by atoms with Crippen LogP contribution in [0.2, 0.25) is 0 Å². The van der Waals surface area contributed by atoms with Crippen molar-refractivity contribution < 1.29 is 13.9 Å². The highest BCUT2D eigenvalue weighted by atomic mass is 19.1. The predicted molar refractivity (Wildman–Crippen MR) is 104 cm³/mol. The lowest BCUT2D eigenvalue weighted by atomic mass is 9.92. The third kappa shape index (κ3) is 5.16. The summed E-state index contributed by atoms with van der Waals surface area (Å²) in [6.07, 6.45) is 10.8. The lowest BCUT2D eigenvalue weighted by Gasteiger charge is -2.28. The lowest BCUT2D eigenvalue weighted by Crippen LogP contribution is -2.39. The first kappa shape index (κ1) is 19.0. The van der Waals surface area contributed by atoms with E-state index in [0.717, 1.165) is 50.2 Å². The van der Waals surface area contributed by atoms with E-state index in [2.05, 4.69) is 20.3 Å². The van der Waals surface area contributed by atoms with Gasteiger partial charge >= 0.3 is 6.01 Å². The molecule has 1 N–H and O–H groups in total. The summed E-state index contributed by atoms with van der Waals surface area (Å²) in [7, 11) is 0. The number of hydrogen-bond acceptors (Lipinski definition) is 5. The number of imidazole rings is 1. The quantitative estimate of drug-likeness (QED) is 0.694. The molecule has 1 aliphatic rings. The molecule has 0 radical (unpaired) electrons. The van der Waals surface area contributed by atoms with Crippen LogP contribution >= 0.6 is 0 Å². The number of hydrogen-bond donors (Lipinski definition) is 1. The van der Waals surface area contributed by atoms with Gasteiger partial charge in [0.25, 0.3) is 5.91 Å². The van der Waals surface area contributed by atoms with E-state index in [4.69, 9.17) is 4.74 Å². The van der Waals surface area contributed by atoms with Crippen molar-refractivity contribution in [3.63, 3.8) is 0 Å². The molecule has 1 aliphatic carbocycles. The fourth-order valence-electron chi connectivity index (χ4n) is 3.46. The molecule has 1 aromatic carbocycles. The van der Waals surface area contributed by atoms with Crippen molar-refractivity contribution in [2.24, 2.45) is 0 Å². The normalized spacial score (nSPS) is 18.9. The van der Waals surface area contributed by atoms with Crippen LogP contribution in [0.15, 0.2) is 55.4 Å². The van der Waals surface area contributed by atoms with Crippen LogP contribution in [0.3, 0.4) is 0 Å². The van der Waals surface area contributed by atoms with E-state index in [9.17, 15) is 9.18 Å². The number of ether oxygens (including phenoxy) is 1. The SMILES string of the molecule is O=C(NC1CCC(Oc2ncc(F)cn2)CC1)c1ccc(Cn2ccnc2)cc1. The molecule has 0 unspecified atom stereocenters. The van der Waals surface area contributed by atoms with Crippen LogP contribution in [-0.2, 0) is 6.54 Å². The molecule has 0 atom stereocenters. The summed E-state index contributed by atoms with van der Waals surface area (Å²) in [5.74, 6) is -0.552. The van der Waals surface area contributed by atoms with Crippen molar-refractivity contribution in [1.82, 2.24) is 24.8 Å². The van der Waals surface area contributed by atoms with Gasteiger partial charge in [-0.2, -0.15) is 0 Å². The molecule has 2 heterocycles. The molecule has 1 amide bonds. The van der Waals surface area contributed by atoms with Crippen molar-refractivity contribution in [3.8, 4) is 6.01 Å². The fourth-order valence-corrected chi connectivity index (χ4v) is 3.46. The molecule has 0 bridgehead atoms. The second kappa shape index (κ2) is 8.81. The smallest absolute Gasteiger partial charge is 0.316 e. The van der Waals surface area contributed by atoms with Crippen molar-refractivity contribution in [2.75, 3.05) is 0 Å². The Hall–Kier alpha value is -3.29. The first-order chi connectivity index (χ1) is 14.2. The van der Waals surface area contributed by atoms with Gasteiger partial charge in [-0.15, -0.1) is 0 Å². The first-order valence-corrected chi connectivity index (χ1v) is 9.65. The maximum atomic E-state index is 12.9. The molecule has 7 nitrogen and oxygen atoms in total. The number of nitrogens with zero attached hydrogens (tertiary/aromatic N) is 4. The van der Waals surface area contributed by atoms with Gasteiger partial charge in [0.15, 0.2) is 5.82 Å². The predicted octanol–water partition coefficient (Wildman–Crippen LogP) is 2.98. The van der Waals surface area contributed by atoms with Gasteiger partial charge in [-0.25, -0.2) is 19.3 Å². The van der Waals surface area contributed by atoms with Crippen molar-refractivity contribution >= 4 is 5.91 Å². The molecule has 150 valence electrons. The summed E-state index contributed by atoms with van der Waals surface area (Å²) in [5.41, 5.74) is 1.76. The minimum Gasteiger partial charge on any atom is -0.460 e. The molecule has 3 aromatic rings. The number of benzene rings is 1. The molecular formula is C21H22FN5O2. The minimum absolute atomic E-state index is 0.0175. The highest BCUT2D eigenvalue weighted by Gasteiger charge is 2.24. The molecule has 4 rings (SSSR count). The highest BCUT2D eigenvalue weighted by molar-refractivity contribution is 5.94. The average Bonchev–Trinajstić information content (AvgIpc) is 3.25. The third-order valence-corrected chi connectivity index (χ3v) is 5.02. The van der Waals surface area contributed by atoms with E-state index in [1.165, 1.54) is 0 Å². The Morgan fingerprint density at radius 3 is 2.52 bits per heavy atom. The Labute approximate surface area is 168 Å². The molecule has 8 heteroatoms. The third-order valence-electron chi connectivity index (χ3n) is 5.02. The van der Waals surface area contributed by atoms with E-state index < -0.39 is 5.82 Å². The Morgan fingerprint density at radius 2 is 1.86 bits per heavy atom. The molecule has 0 spiro atoms. The van der Waals surface area contributed by atoms with Crippen molar-refractivity contribution in [3.05, 3.63) is 72.3 Å². The number of halogens is 1. The number of aromatic nitrogens is 4. The summed E-state index contributed by atoms with van der Waals surface area (Å²) in [6, 6.07) is 7.92. The van der Waals surface area contributed by atoms with E-state index >= 15 is 0 Å². The van der Waals surface area contributed by atoms with Crippen molar-refractivity contribution in [1.29, 1.82) is 0 Å². The van der Waals surface area contributed by atoms with Gasteiger partial charge < -0.3 is 14.6 Å². The standard InChI is InChI=1S/C21H22FN5O2/c22-17-11-24-21(25-12-17)29-19-7-5-18(6-8-19)26-20(28)16-3-1-15(2-4-16)13-27-10-9-23-14-27/h1-4,9-12,14,18-19H,5-8,13H2,(H,26,28). The molecule has 1 saturated carbocycles. The average molecular weight is 395 g/mol. The summed E-state index contributed by atoms with van der Waals surface area (Å²) in [4.78, 5) is 24.2. The summed E-state index contributed by atoms with van der Waals surface area (Å²) in [5, 5.41) is 3.10.